The molecule has 0 spiro atoms. The standard InChI is InChI=1S/C15H13Cl2N3S/c1-19(2)12-5-3-4-6-13(12)20-14-8-10(17)9(16)7-11(14)18-15(20)21/h3-8H,1-2H3,(H,18,21). The molecule has 0 saturated carbocycles. The molecule has 0 aliphatic carbocycles. The predicted octanol–water partition coefficient (Wildman–Crippen LogP) is 5.06. The van der Waals surface area contributed by atoms with E-state index in [0.717, 1.165) is 22.4 Å². The zero-order valence-corrected chi connectivity index (χ0v) is 13.9. The second-order valence-corrected chi connectivity index (χ2v) is 6.13. The molecular weight excluding hydrogens is 325 g/mol. The SMILES string of the molecule is CN(C)c1ccccc1-n1c(=S)[nH]c2cc(Cl)c(Cl)cc21. The molecule has 0 aliphatic heterocycles. The second kappa shape index (κ2) is 5.37. The van der Waals surface area contributed by atoms with E-state index in [1.165, 1.54) is 0 Å². The quantitative estimate of drug-likeness (QED) is 0.660. The number of hydrogen-bond donors (Lipinski definition) is 1. The van der Waals surface area contributed by atoms with Crippen molar-refractivity contribution >= 4 is 52.1 Å². The molecule has 3 rings (SSSR count). The Bertz CT molecular complexity index is 880. The molecule has 2 aromatic carbocycles. The third kappa shape index (κ3) is 2.44. The van der Waals surface area contributed by atoms with Gasteiger partial charge in [-0.2, -0.15) is 0 Å². The van der Waals surface area contributed by atoms with Crippen molar-refractivity contribution in [2.24, 2.45) is 0 Å². The van der Waals surface area contributed by atoms with Crippen LogP contribution in [0.15, 0.2) is 36.4 Å². The molecule has 0 aliphatic rings. The van der Waals surface area contributed by atoms with Crippen LogP contribution < -0.4 is 4.90 Å². The number of nitrogens with zero attached hydrogens (tertiary/aromatic N) is 2. The molecule has 1 heterocycles. The molecule has 0 amide bonds. The first-order valence-corrected chi connectivity index (χ1v) is 7.52. The van der Waals surface area contributed by atoms with Gasteiger partial charge in [-0.15, -0.1) is 0 Å². The Morgan fingerprint density at radius 3 is 2.48 bits per heavy atom. The lowest BCUT2D eigenvalue weighted by atomic mass is 10.2. The number of para-hydroxylation sites is 2. The maximum absolute atomic E-state index is 6.16. The minimum absolute atomic E-state index is 0.508. The highest BCUT2D eigenvalue weighted by molar-refractivity contribution is 7.71. The number of fused-ring (bicyclic) bond motifs is 1. The number of anilines is 1. The molecule has 6 heteroatoms. The number of aromatic nitrogens is 2. The molecule has 0 unspecified atom stereocenters. The highest BCUT2D eigenvalue weighted by atomic mass is 35.5. The van der Waals surface area contributed by atoms with Gasteiger partial charge < -0.3 is 9.88 Å². The van der Waals surface area contributed by atoms with Crippen molar-refractivity contribution in [2.75, 3.05) is 19.0 Å². The lowest BCUT2D eigenvalue weighted by Gasteiger charge is -2.18. The Labute approximate surface area is 137 Å². The van der Waals surface area contributed by atoms with Crippen molar-refractivity contribution in [1.29, 1.82) is 0 Å². The molecule has 0 radical (unpaired) electrons. The second-order valence-electron chi connectivity index (χ2n) is 4.93. The number of imidazole rings is 1. The van der Waals surface area contributed by atoms with Gasteiger partial charge in [-0.3, -0.25) is 4.57 Å². The van der Waals surface area contributed by atoms with Crippen LogP contribution in [0.3, 0.4) is 0 Å². The summed E-state index contributed by atoms with van der Waals surface area (Å²) in [6.45, 7) is 0. The summed E-state index contributed by atoms with van der Waals surface area (Å²) < 4.78 is 2.58. The zero-order valence-electron chi connectivity index (χ0n) is 11.5. The van der Waals surface area contributed by atoms with E-state index in [1.54, 1.807) is 6.07 Å². The summed E-state index contributed by atoms with van der Waals surface area (Å²) in [6, 6.07) is 11.7. The largest absolute Gasteiger partial charge is 0.376 e. The van der Waals surface area contributed by atoms with E-state index in [4.69, 9.17) is 35.4 Å². The van der Waals surface area contributed by atoms with Gasteiger partial charge in [-0.25, -0.2) is 0 Å². The first-order valence-electron chi connectivity index (χ1n) is 6.35. The molecule has 3 nitrogen and oxygen atoms in total. The third-order valence-corrected chi connectivity index (χ3v) is 4.34. The van der Waals surface area contributed by atoms with Crippen molar-refractivity contribution in [3.63, 3.8) is 0 Å². The van der Waals surface area contributed by atoms with E-state index < -0.39 is 0 Å². The molecule has 108 valence electrons. The Morgan fingerprint density at radius 2 is 1.76 bits per heavy atom. The van der Waals surface area contributed by atoms with Crippen LogP contribution in [-0.2, 0) is 0 Å². The van der Waals surface area contributed by atoms with Crippen molar-refractivity contribution < 1.29 is 0 Å². The Morgan fingerprint density at radius 1 is 1.10 bits per heavy atom. The fourth-order valence-electron chi connectivity index (χ4n) is 2.37. The number of hydrogen-bond acceptors (Lipinski definition) is 2. The van der Waals surface area contributed by atoms with Crippen LogP contribution in [0.5, 0.6) is 0 Å². The number of H-pyrrole nitrogens is 1. The van der Waals surface area contributed by atoms with Crippen LogP contribution in [0.2, 0.25) is 10.0 Å². The molecule has 1 N–H and O–H groups in total. The van der Waals surface area contributed by atoms with Gasteiger partial charge in [0, 0.05) is 14.1 Å². The fraction of sp³-hybridized carbons (Fsp3) is 0.133. The van der Waals surface area contributed by atoms with Gasteiger partial charge in [0.05, 0.1) is 32.5 Å². The van der Waals surface area contributed by atoms with Crippen molar-refractivity contribution in [3.8, 4) is 5.69 Å². The van der Waals surface area contributed by atoms with Crippen molar-refractivity contribution in [1.82, 2.24) is 9.55 Å². The van der Waals surface area contributed by atoms with E-state index in [-0.39, 0.29) is 0 Å². The summed E-state index contributed by atoms with van der Waals surface area (Å²) in [4.78, 5) is 5.22. The van der Waals surface area contributed by atoms with E-state index in [2.05, 4.69) is 4.98 Å². The normalized spacial score (nSPS) is 11.0. The minimum Gasteiger partial charge on any atom is -0.376 e. The van der Waals surface area contributed by atoms with Gasteiger partial charge in [-0.1, -0.05) is 35.3 Å². The molecule has 0 fully saturated rings. The highest BCUT2D eigenvalue weighted by Gasteiger charge is 2.13. The van der Waals surface area contributed by atoms with Crippen LogP contribution in [0.25, 0.3) is 16.7 Å². The van der Waals surface area contributed by atoms with E-state index in [0.29, 0.717) is 14.8 Å². The van der Waals surface area contributed by atoms with Crippen molar-refractivity contribution in [3.05, 3.63) is 51.2 Å². The summed E-state index contributed by atoms with van der Waals surface area (Å²) in [6.07, 6.45) is 0. The fourth-order valence-corrected chi connectivity index (χ4v) is 3.00. The van der Waals surface area contributed by atoms with E-state index in [1.807, 2.05) is 53.9 Å². The zero-order chi connectivity index (χ0) is 15.1. The molecule has 1 aromatic heterocycles. The van der Waals surface area contributed by atoms with Gasteiger partial charge in [0.2, 0.25) is 0 Å². The van der Waals surface area contributed by atoms with Gasteiger partial charge in [0.25, 0.3) is 0 Å². The van der Waals surface area contributed by atoms with Crippen LogP contribution in [0, 0.1) is 4.77 Å². The minimum atomic E-state index is 0.508. The number of nitrogens with one attached hydrogen (secondary N) is 1. The average Bonchev–Trinajstić information content (AvgIpc) is 2.74. The van der Waals surface area contributed by atoms with Crippen LogP contribution in [-0.4, -0.2) is 23.6 Å². The number of aromatic amines is 1. The maximum Gasteiger partial charge on any atom is 0.182 e. The molecule has 3 aromatic rings. The maximum atomic E-state index is 6.16. The smallest absolute Gasteiger partial charge is 0.182 e. The summed E-state index contributed by atoms with van der Waals surface area (Å²) in [7, 11) is 4.00. The van der Waals surface area contributed by atoms with Gasteiger partial charge >= 0.3 is 0 Å². The summed E-state index contributed by atoms with van der Waals surface area (Å²) >= 11 is 17.7. The lowest BCUT2D eigenvalue weighted by Crippen LogP contribution is -2.12. The van der Waals surface area contributed by atoms with E-state index >= 15 is 0 Å². The van der Waals surface area contributed by atoms with Gasteiger partial charge in [0.15, 0.2) is 4.77 Å². The van der Waals surface area contributed by atoms with Gasteiger partial charge in [0.1, 0.15) is 0 Å². The Kier molecular flexibility index (Phi) is 3.69. The highest BCUT2D eigenvalue weighted by Crippen LogP contribution is 2.31. The molecule has 21 heavy (non-hydrogen) atoms. The topological polar surface area (TPSA) is 24.0 Å². The van der Waals surface area contributed by atoms with Crippen LogP contribution in [0.4, 0.5) is 5.69 Å². The lowest BCUT2D eigenvalue weighted by molar-refractivity contribution is 1.03. The summed E-state index contributed by atoms with van der Waals surface area (Å²) in [5, 5.41) is 1.02. The molecule has 0 atom stereocenters. The van der Waals surface area contributed by atoms with Crippen molar-refractivity contribution in [2.45, 2.75) is 0 Å². The molecule has 0 saturated heterocycles. The number of rotatable bonds is 2. The number of halogens is 2. The predicted molar refractivity (Wildman–Crippen MR) is 92.8 cm³/mol. The summed E-state index contributed by atoms with van der Waals surface area (Å²) in [5.41, 5.74) is 3.84. The summed E-state index contributed by atoms with van der Waals surface area (Å²) in [5.74, 6) is 0. The molecular formula is C15H13Cl2N3S. The first-order chi connectivity index (χ1) is 9.99. The average molecular weight is 338 g/mol. The first kappa shape index (κ1) is 14.4. The van der Waals surface area contributed by atoms with Gasteiger partial charge in [-0.05, 0) is 36.5 Å². The van der Waals surface area contributed by atoms with Crippen LogP contribution >= 0.6 is 35.4 Å². The Hall–Kier alpha value is -1.49. The monoisotopic (exact) mass is 337 g/mol. The number of benzene rings is 2. The van der Waals surface area contributed by atoms with Crippen LogP contribution in [0.1, 0.15) is 0 Å². The van der Waals surface area contributed by atoms with E-state index in [9.17, 15) is 0 Å². The molecule has 0 bridgehead atoms. The third-order valence-electron chi connectivity index (χ3n) is 3.33. The Balaban J connectivity index is 2.38.